The first-order chi connectivity index (χ1) is 14.3. The number of benzene rings is 4. The van der Waals surface area contributed by atoms with E-state index in [9.17, 15) is 0 Å². The summed E-state index contributed by atoms with van der Waals surface area (Å²) in [5, 5.41) is 0. The van der Waals surface area contributed by atoms with E-state index in [2.05, 4.69) is 19.1 Å². The molecule has 0 aliphatic rings. The second-order valence-electron chi connectivity index (χ2n) is 6.58. The number of rotatable bonds is 7. The fourth-order valence-corrected chi connectivity index (χ4v) is 3.06. The second-order valence-corrected chi connectivity index (χ2v) is 6.58. The fraction of sp³-hybridized carbons (Fsp3) is 0.0400. The van der Waals surface area contributed by atoms with E-state index < -0.39 is 7.32 Å². The van der Waals surface area contributed by atoms with Gasteiger partial charge in [0.05, 0.1) is 0 Å². The number of hydrogen-bond donors (Lipinski definition) is 0. The monoisotopic (exact) mass is 380 g/mol. The molecule has 4 aromatic carbocycles. The van der Waals surface area contributed by atoms with Crippen LogP contribution in [0.2, 0.25) is 0 Å². The van der Waals surface area contributed by atoms with Gasteiger partial charge in [-0.3, -0.25) is 0 Å². The normalized spacial score (nSPS) is 10.2. The molecule has 0 N–H and O–H groups in total. The van der Waals surface area contributed by atoms with Gasteiger partial charge in [-0.2, -0.15) is 0 Å². The molecule has 0 spiro atoms. The van der Waals surface area contributed by atoms with Crippen LogP contribution >= 0.6 is 0 Å². The van der Waals surface area contributed by atoms with E-state index in [4.69, 9.17) is 14.0 Å². The molecule has 0 unspecified atom stereocenters. The minimum absolute atomic E-state index is 0.668. The molecule has 0 heterocycles. The zero-order chi connectivity index (χ0) is 19.9. The summed E-state index contributed by atoms with van der Waals surface area (Å²) in [6.07, 6.45) is 0. The average molecular weight is 380 g/mol. The molecule has 4 rings (SSSR count). The van der Waals surface area contributed by atoms with Crippen LogP contribution in [-0.4, -0.2) is 7.32 Å². The highest BCUT2D eigenvalue weighted by Crippen LogP contribution is 2.32. The molecule has 0 aliphatic carbocycles. The summed E-state index contributed by atoms with van der Waals surface area (Å²) in [6, 6.07) is 35.2. The smallest absolute Gasteiger partial charge is 0.490 e. The molecule has 0 atom stereocenters. The average Bonchev–Trinajstić information content (AvgIpc) is 2.76. The molecule has 142 valence electrons. The van der Waals surface area contributed by atoms with Gasteiger partial charge in [0.1, 0.15) is 17.2 Å². The molecule has 0 aliphatic heterocycles. The highest BCUT2D eigenvalue weighted by atomic mass is 16.7. The topological polar surface area (TPSA) is 27.7 Å². The Morgan fingerprint density at radius 1 is 0.483 bits per heavy atom. The molecule has 0 saturated heterocycles. The second kappa shape index (κ2) is 9.02. The van der Waals surface area contributed by atoms with Crippen LogP contribution in [0.5, 0.6) is 17.2 Å². The lowest BCUT2D eigenvalue weighted by molar-refractivity contribution is 0.308. The number of hydrogen-bond acceptors (Lipinski definition) is 3. The zero-order valence-corrected chi connectivity index (χ0v) is 16.2. The van der Waals surface area contributed by atoms with Gasteiger partial charge < -0.3 is 14.0 Å². The summed E-state index contributed by atoms with van der Waals surface area (Å²) < 4.78 is 18.2. The van der Waals surface area contributed by atoms with Crippen molar-refractivity contribution in [2.75, 3.05) is 0 Å². The fourth-order valence-electron chi connectivity index (χ4n) is 3.06. The summed E-state index contributed by atoms with van der Waals surface area (Å²) in [4.78, 5) is 0. The zero-order valence-electron chi connectivity index (χ0n) is 16.2. The predicted octanol–water partition coefficient (Wildman–Crippen LogP) is 6.18. The van der Waals surface area contributed by atoms with Crippen molar-refractivity contribution < 1.29 is 14.0 Å². The Balaban J connectivity index is 1.65. The lowest BCUT2D eigenvalue weighted by Crippen LogP contribution is -2.37. The predicted molar refractivity (Wildman–Crippen MR) is 117 cm³/mol. The van der Waals surface area contributed by atoms with E-state index in [-0.39, 0.29) is 0 Å². The molecular formula is C25H21BO3. The van der Waals surface area contributed by atoms with Crippen LogP contribution in [0.3, 0.4) is 0 Å². The molecule has 4 aromatic rings. The first-order valence-corrected chi connectivity index (χ1v) is 9.55. The van der Waals surface area contributed by atoms with Crippen molar-refractivity contribution in [3.8, 4) is 28.4 Å². The third-order valence-corrected chi connectivity index (χ3v) is 4.50. The van der Waals surface area contributed by atoms with Crippen molar-refractivity contribution in [3.63, 3.8) is 0 Å². The van der Waals surface area contributed by atoms with Gasteiger partial charge >= 0.3 is 7.32 Å². The Labute approximate surface area is 171 Å². The molecule has 0 radical (unpaired) electrons. The number of para-hydroxylation sites is 3. The van der Waals surface area contributed by atoms with Gasteiger partial charge in [0, 0.05) is 5.56 Å². The lowest BCUT2D eigenvalue weighted by Gasteiger charge is -2.19. The van der Waals surface area contributed by atoms with E-state index in [0.717, 1.165) is 11.1 Å². The summed E-state index contributed by atoms with van der Waals surface area (Å²) in [5.74, 6) is 2.03. The maximum atomic E-state index is 6.22. The third kappa shape index (κ3) is 4.80. The van der Waals surface area contributed by atoms with Crippen molar-refractivity contribution in [1.29, 1.82) is 0 Å². The van der Waals surface area contributed by atoms with Gasteiger partial charge in [-0.1, -0.05) is 78.9 Å². The van der Waals surface area contributed by atoms with Crippen LogP contribution in [-0.2, 0) is 0 Å². The summed E-state index contributed by atoms with van der Waals surface area (Å²) >= 11 is 0. The first-order valence-electron chi connectivity index (χ1n) is 9.55. The molecular weight excluding hydrogens is 359 g/mol. The minimum Gasteiger partial charge on any atom is -0.490 e. The van der Waals surface area contributed by atoms with E-state index in [1.165, 1.54) is 5.56 Å². The Hall–Kier alpha value is -3.66. The lowest BCUT2D eigenvalue weighted by atomic mass is 9.99. The van der Waals surface area contributed by atoms with Gasteiger partial charge in [0.25, 0.3) is 0 Å². The molecule has 29 heavy (non-hydrogen) atoms. The summed E-state index contributed by atoms with van der Waals surface area (Å²) in [5.41, 5.74) is 3.28. The van der Waals surface area contributed by atoms with Crippen LogP contribution in [0, 0.1) is 6.92 Å². The standard InChI is InChI=1S/C25H21BO3/c1-20-12-8-9-17-23(20)24-18-10-11-19-25(24)29-26(27-21-13-4-2-5-14-21)28-22-15-6-3-7-16-22/h2-19H,1H3. The Kier molecular flexibility index (Phi) is 5.82. The van der Waals surface area contributed by atoms with Gasteiger partial charge in [0.15, 0.2) is 0 Å². The van der Waals surface area contributed by atoms with Crippen LogP contribution in [0.4, 0.5) is 0 Å². The maximum absolute atomic E-state index is 6.22. The Morgan fingerprint density at radius 2 is 0.966 bits per heavy atom. The molecule has 0 amide bonds. The SMILES string of the molecule is Cc1ccccc1-c1ccccc1OB(Oc1ccccc1)Oc1ccccc1. The van der Waals surface area contributed by atoms with Crippen molar-refractivity contribution in [3.05, 3.63) is 115 Å². The van der Waals surface area contributed by atoms with E-state index in [0.29, 0.717) is 17.2 Å². The van der Waals surface area contributed by atoms with Gasteiger partial charge in [0.2, 0.25) is 0 Å². The van der Waals surface area contributed by atoms with Gasteiger partial charge in [-0.15, -0.1) is 0 Å². The highest BCUT2D eigenvalue weighted by Gasteiger charge is 2.31. The summed E-state index contributed by atoms with van der Waals surface area (Å²) in [7, 11) is -0.940. The third-order valence-electron chi connectivity index (χ3n) is 4.50. The quantitative estimate of drug-likeness (QED) is 0.358. The van der Waals surface area contributed by atoms with Crippen molar-refractivity contribution in [1.82, 2.24) is 0 Å². The van der Waals surface area contributed by atoms with Crippen molar-refractivity contribution in [2.45, 2.75) is 6.92 Å². The number of aryl methyl sites for hydroxylation is 1. The molecule has 0 bridgehead atoms. The van der Waals surface area contributed by atoms with E-state index in [1.807, 2.05) is 97.1 Å². The molecule has 0 aromatic heterocycles. The molecule has 0 saturated carbocycles. The van der Waals surface area contributed by atoms with E-state index in [1.54, 1.807) is 0 Å². The molecule has 4 heteroatoms. The van der Waals surface area contributed by atoms with Crippen molar-refractivity contribution in [2.24, 2.45) is 0 Å². The summed E-state index contributed by atoms with van der Waals surface area (Å²) in [6.45, 7) is 2.09. The van der Waals surface area contributed by atoms with Gasteiger partial charge in [-0.05, 0) is 48.4 Å². The Bertz CT molecular complexity index is 1010. The largest absolute Gasteiger partial charge is 0.864 e. The Morgan fingerprint density at radius 3 is 1.55 bits per heavy atom. The van der Waals surface area contributed by atoms with E-state index >= 15 is 0 Å². The van der Waals surface area contributed by atoms with Gasteiger partial charge in [-0.25, -0.2) is 0 Å². The molecule has 3 nitrogen and oxygen atoms in total. The highest BCUT2D eigenvalue weighted by molar-refractivity contribution is 6.39. The van der Waals surface area contributed by atoms with Crippen molar-refractivity contribution >= 4 is 7.32 Å². The molecule has 0 fully saturated rings. The van der Waals surface area contributed by atoms with Crippen LogP contribution < -0.4 is 14.0 Å². The maximum Gasteiger partial charge on any atom is 0.864 e. The minimum atomic E-state index is -0.940. The van der Waals surface area contributed by atoms with Crippen LogP contribution in [0.15, 0.2) is 109 Å². The van der Waals surface area contributed by atoms with Crippen LogP contribution in [0.25, 0.3) is 11.1 Å². The first kappa shape index (κ1) is 18.7. The van der Waals surface area contributed by atoms with Crippen LogP contribution in [0.1, 0.15) is 5.56 Å².